The van der Waals surface area contributed by atoms with Crippen molar-refractivity contribution in [2.45, 2.75) is 26.4 Å². The van der Waals surface area contributed by atoms with Crippen LogP contribution in [0.5, 0.6) is 0 Å². The van der Waals surface area contributed by atoms with E-state index >= 15 is 0 Å². The summed E-state index contributed by atoms with van der Waals surface area (Å²) in [5.41, 5.74) is 2.91. The van der Waals surface area contributed by atoms with Crippen LogP contribution in [0.15, 0.2) is 18.2 Å². The number of carboxylic acids is 1. The van der Waals surface area contributed by atoms with Gasteiger partial charge in [-0.3, -0.25) is 0 Å². The van der Waals surface area contributed by atoms with E-state index in [0.717, 1.165) is 6.07 Å². The quantitative estimate of drug-likeness (QED) is 0.839. The van der Waals surface area contributed by atoms with Gasteiger partial charge in [-0.15, -0.1) is 0 Å². The van der Waals surface area contributed by atoms with Crippen LogP contribution < -0.4 is 10.8 Å². The number of anilines is 1. The van der Waals surface area contributed by atoms with E-state index in [4.69, 9.17) is 5.73 Å². The lowest BCUT2D eigenvalue weighted by atomic mass is 9.84. The highest BCUT2D eigenvalue weighted by Crippen LogP contribution is 2.35. The molecule has 0 bridgehead atoms. The van der Waals surface area contributed by atoms with Gasteiger partial charge in [0, 0.05) is 17.1 Å². The van der Waals surface area contributed by atoms with Crippen LogP contribution in [0.25, 0.3) is 0 Å². The largest absolute Gasteiger partial charge is 0.550 e. The van der Waals surface area contributed by atoms with Crippen molar-refractivity contribution in [3.8, 4) is 0 Å². The molecule has 0 aromatic heterocycles. The molecule has 0 atom stereocenters. The van der Waals surface area contributed by atoms with Gasteiger partial charge < -0.3 is 15.6 Å². The van der Waals surface area contributed by atoms with E-state index in [2.05, 4.69) is 0 Å². The third kappa shape index (κ3) is 3.15. The predicted molar refractivity (Wildman–Crippen MR) is 58.3 cm³/mol. The van der Waals surface area contributed by atoms with E-state index < -0.39 is 23.1 Å². The van der Waals surface area contributed by atoms with Gasteiger partial charge in [0.25, 0.3) is 0 Å². The predicted octanol–water partition coefficient (Wildman–Crippen LogP) is 1.61. The van der Waals surface area contributed by atoms with Crippen LogP contribution in [0.3, 0.4) is 0 Å². The Morgan fingerprint density at radius 1 is 1.33 bits per heavy atom. The summed E-state index contributed by atoms with van der Waals surface area (Å²) in [5, 5.41) is 10.8. The summed E-state index contributed by atoms with van der Waals surface area (Å²) in [4.78, 5) is 10.8. The minimum atomic E-state index is -4.56. The van der Waals surface area contributed by atoms with Crippen LogP contribution >= 0.6 is 0 Å². The zero-order chi connectivity index (χ0) is 14.1. The van der Waals surface area contributed by atoms with Crippen molar-refractivity contribution >= 4 is 11.7 Å². The fourth-order valence-corrected chi connectivity index (χ4v) is 1.56. The number of hydrogen-bond acceptors (Lipinski definition) is 3. The average molecular weight is 260 g/mol. The Morgan fingerprint density at radius 3 is 2.33 bits per heavy atom. The van der Waals surface area contributed by atoms with Crippen molar-refractivity contribution in [3.63, 3.8) is 0 Å². The molecule has 0 amide bonds. The summed E-state index contributed by atoms with van der Waals surface area (Å²) in [6, 6.07) is 3.32. The monoisotopic (exact) mass is 260 g/mol. The molecular formula is C12H13F3NO2-. The molecular weight excluding hydrogens is 247 g/mol. The van der Waals surface area contributed by atoms with Gasteiger partial charge >= 0.3 is 6.18 Å². The average Bonchev–Trinajstić information content (AvgIpc) is 2.18. The third-order valence-corrected chi connectivity index (χ3v) is 2.62. The Morgan fingerprint density at radius 2 is 1.89 bits per heavy atom. The molecule has 0 heterocycles. The molecule has 1 aromatic rings. The van der Waals surface area contributed by atoms with Crippen molar-refractivity contribution in [2.75, 3.05) is 5.73 Å². The number of hydrogen-bond donors (Lipinski definition) is 1. The standard InChI is InChI=1S/C12H14F3NO2/c1-11(2,10(17)18)6-7-3-4-8(16)5-9(7)12(13,14)15/h3-5H,6,16H2,1-2H3,(H,17,18)/p-1. The topological polar surface area (TPSA) is 66.2 Å². The molecule has 3 nitrogen and oxygen atoms in total. The molecule has 0 spiro atoms. The highest BCUT2D eigenvalue weighted by atomic mass is 19.4. The van der Waals surface area contributed by atoms with Gasteiger partial charge in [-0.2, -0.15) is 13.2 Å². The van der Waals surface area contributed by atoms with Crippen molar-refractivity contribution in [1.29, 1.82) is 0 Å². The maximum absolute atomic E-state index is 12.8. The summed E-state index contributed by atoms with van der Waals surface area (Å²) in [6.07, 6.45) is -4.84. The summed E-state index contributed by atoms with van der Waals surface area (Å²) in [7, 11) is 0. The maximum atomic E-state index is 12.8. The minimum Gasteiger partial charge on any atom is -0.550 e. The van der Waals surface area contributed by atoms with Crippen molar-refractivity contribution in [1.82, 2.24) is 0 Å². The number of carbonyl (C=O) groups is 1. The van der Waals surface area contributed by atoms with E-state index in [-0.39, 0.29) is 17.7 Å². The van der Waals surface area contributed by atoms with E-state index in [9.17, 15) is 23.1 Å². The summed E-state index contributed by atoms with van der Waals surface area (Å²) >= 11 is 0. The second kappa shape index (κ2) is 4.51. The van der Waals surface area contributed by atoms with Crippen molar-refractivity contribution in [2.24, 2.45) is 5.41 Å². The third-order valence-electron chi connectivity index (χ3n) is 2.62. The molecule has 6 heteroatoms. The van der Waals surface area contributed by atoms with Gasteiger partial charge in [0.1, 0.15) is 0 Å². The van der Waals surface area contributed by atoms with E-state index in [1.54, 1.807) is 0 Å². The lowest BCUT2D eigenvalue weighted by Gasteiger charge is -2.27. The Bertz CT molecular complexity index is 467. The molecule has 0 aliphatic carbocycles. The molecule has 0 radical (unpaired) electrons. The minimum absolute atomic E-state index is 0.0164. The molecule has 0 saturated carbocycles. The molecule has 18 heavy (non-hydrogen) atoms. The molecule has 0 aliphatic heterocycles. The Hall–Kier alpha value is -1.72. The Labute approximate surface area is 102 Å². The number of aliphatic carboxylic acids is 1. The Kier molecular flexibility index (Phi) is 3.59. The van der Waals surface area contributed by atoms with Crippen molar-refractivity contribution in [3.05, 3.63) is 29.3 Å². The van der Waals surface area contributed by atoms with Gasteiger partial charge in [0.15, 0.2) is 0 Å². The van der Waals surface area contributed by atoms with Crippen LogP contribution in [-0.4, -0.2) is 5.97 Å². The highest BCUT2D eigenvalue weighted by molar-refractivity contribution is 5.72. The van der Waals surface area contributed by atoms with Crippen LogP contribution in [-0.2, 0) is 17.4 Å². The van der Waals surface area contributed by atoms with Gasteiger partial charge in [-0.1, -0.05) is 19.9 Å². The lowest BCUT2D eigenvalue weighted by molar-refractivity contribution is -0.317. The molecule has 0 unspecified atom stereocenters. The van der Waals surface area contributed by atoms with Crippen molar-refractivity contribution < 1.29 is 23.1 Å². The number of benzene rings is 1. The van der Waals surface area contributed by atoms with Crippen LogP contribution in [0.1, 0.15) is 25.0 Å². The maximum Gasteiger partial charge on any atom is 0.416 e. The number of carboxylic acid groups (broad SMARTS) is 1. The number of alkyl halides is 3. The molecule has 0 aliphatic rings. The molecule has 1 rings (SSSR count). The van der Waals surface area contributed by atoms with Gasteiger partial charge in [0.2, 0.25) is 0 Å². The van der Waals surface area contributed by atoms with Crippen LogP contribution in [0.2, 0.25) is 0 Å². The first-order valence-corrected chi connectivity index (χ1v) is 5.21. The fraction of sp³-hybridized carbons (Fsp3) is 0.417. The SMILES string of the molecule is CC(C)(Cc1ccc(N)cc1C(F)(F)F)C(=O)[O-]. The first-order chi connectivity index (χ1) is 8.04. The molecule has 0 fully saturated rings. The molecule has 100 valence electrons. The number of halogens is 3. The first-order valence-electron chi connectivity index (χ1n) is 5.21. The highest BCUT2D eigenvalue weighted by Gasteiger charge is 2.35. The van der Waals surface area contributed by atoms with E-state index in [0.29, 0.717) is 0 Å². The number of rotatable bonds is 3. The number of carbonyl (C=O) groups excluding carboxylic acids is 1. The van der Waals surface area contributed by atoms with E-state index in [1.807, 2.05) is 0 Å². The second-order valence-corrected chi connectivity index (χ2v) is 4.76. The number of nitrogen functional groups attached to an aromatic ring is 1. The number of nitrogens with two attached hydrogens (primary N) is 1. The summed E-state index contributed by atoms with van der Waals surface area (Å²) in [5.74, 6) is -1.40. The summed E-state index contributed by atoms with van der Waals surface area (Å²) < 4.78 is 38.4. The molecule has 1 aromatic carbocycles. The normalized spacial score (nSPS) is 12.5. The van der Waals surface area contributed by atoms with Crippen LogP contribution in [0.4, 0.5) is 18.9 Å². The summed E-state index contributed by atoms with van der Waals surface area (Å²) in [6.45, 7) is 2.64. The van der Waals surface area contributed by atoms with Crippen LogP contribution in [0, 0.1) is 5.41 Å². The second-order valence-electron chi connectivity index (χ2n) is 4.76. The Balaban J connectivity index is 3.22. The lowest BCUT2D eigenvalue weighted by Crippen LogP contribution is -2.39. The van der Waals surface area contributed by atoms with Gasteiger partial charge in [0.05, 0.1) is 5.56 Å². The molecule has 0 saturated heterocycles. The fourth-order valence-electron chi connectivity index (χ4n) is 1.56. The van der Waals surface area contributed by atoms with Gasteiger partial charge in [-0.25, -0.2) is 0 Å². The van der Waals surface area contributed by atoms with Gasteiger partial charge in [-0.05, 0) is 24.1 Å². The zero-order valence-electron chi connectivity index (χ0n) is 9.97. The molecule has 2 N–H and O–H groups in total. The zero-order valence-corrected chi connectivity index (χ0v) is 9.97. The first kappa shape index (κ1) is 14.3. The van der Waals surface area contributed by atoms with E-state index in [1.165, 1.54) is 26.0 Å². The smallest absolute Gasteiger partial charge is 0.416 e.